The third-order valence-corrected chi connectivity index (χ3v) is 4.45. The van der Waals surface area contributed by atoms with Crippen LogP contribution in [0, 0.1) is 13.8 Å². The van der Waals surface area contributed by atoms with Gasteiger partial charge in [0.15, 0.2) is 5.78 Å². The van der Waals surface area contributed by atoms with Gasteiger partial charge >= 0.3 is 0 Å². The molecule has 1 aromatic carbocycles. The molecule has 4 heteroatoms. The molecule has 4 nitrogen and oxygen atoms in total. The fourth-order valence-electron chi connectivity index (χ4n) is 3.33. The van der Waals surface area contributed by atoms with Gasteiger partial charge in [0, 0.05) is 18.8 Å². The number of aryl methyl sites for hydroxylation is 2. The summed E-state index contributed by atoms with van der Waals surface area (Å²) in [5.74, 6) is 1.65. The van der Waals surface area contributed by atoms with Crippen LogP contribution in [0.25, 0.3) is 11.6 Å². The molecule has 0 unspecified atom stereocenters. The minimum absolute atomic E-state index is 0.112. The van der Waals surface area contributed by atoms with Crippen LogP contribution in [0.2, 0.25) is 0 Å². The van der Waals surface area contributed by atoms with Crippen LogP contribution >= 0.6 is 0 Å². The van der Waals surface area contributed by atoms with Gasteiger partial charge in [-0.2, -0.15) is 0 Å². The lowest BCUT2D eigenvalue weighted by molar-refractivity contribution is -0.113. The van der Waals surface area contributed by atoms with Gasteiger partial charge < -0.3 is 8.98 Å². The first-order valence-electron chi connectivity index (χ1n) is 8.01. The number of furan rings is 1. The summed E-state index contributed by atoms with van der Waals surface area (Å²) in [7, 11) is 0. The highest BCUT2D eigenvalue weighted by Gasteiger charge is 2.24. The van der Waals surface area contributed by atoms with Crippen LogP contribution in [0.15, 0.2) is 47.3 Å². The Morgan fingerprint density at radius 3 is 2.96 bits per heavy atom. The SMILES string of the molecule is Cc1cc(C)c2c(c1)C=C(c1nccn1Cc1ccco1)C(=O)C2. The molecule has 0 atom stereocenters. The summed E-state index contributed by atoms with van der Waals surface area (Å²) >= 11 is 0. The number of nitrogens with zero attached hydrogens (tertiary/aromatic N) is 2. The van der Waals surface area contributed by atoms with Crippen LogP contribution in [0.5, 0.6) is 0 Å². The second kappa shape index (κ2) is 5.64. The van der Waals surface area contributed by atoms with Crippen molar-refractivity contribution in [2.24, 2.45) is 0 Å². The van der Waals surface area contributed by atoms with E-state index in [1.165, 1.54) is 11.1 Å². The predicted octanol–water partition coefficient (Wildman–Crippen LogP) is 3.81. The molecule has 0 N–H and O–H groups in total. The van der Waals surface area contributed by atoms with Gasteiger partial charge in [-0.3, -0.25) is 4.79 Å². The average Bonchev–Trinajstić information content (AvgIpc) is 3.20. The summed E-state index contributed by atoms with van der Waals surface area (Å²) in [6.07, 6.45) is 7.66. The van der Waals surface area contributed by atoms with E-state index in [9.17, 15) is 4.79 Å². The fraction of sp³-hybridized carbons (Fsp3) is 0.200. The third kappa shape index (κ3) is 2.50. The first-order valence-corrected chi connectivity index (χ1v) is 8.01. The van der Waals surface area contributed by atoms with Crippen LogP contribution in [0.4, 0.5) is 0 Å². The Hall–Kier alpha value is -2.88. The standard InChI is InChI=1S/C20H18N2O2/c1-13-8-14(2)17-11-19(23)18(10-15(17)9-13)20-21-5-6-22(20)12-16-4-3-7-24-16/h3-10H,11-12H2,1-2H3. The van der Waals surface area contributed by atoms with E-state index in [2.05, 4.69) is 31.0 Å². The van der Waals surface area contributed by atoms with Gasteiger partial charge in [0.05, 0.1) is 18.4 Å². The van der Waals surface area contributed by atoms with E-state index in [1.54, 1.807) is 12.5 Å². The Balaban J connectivity index is 1.78. The Morgan fingerprint density at radius 1 is 1.29 bits per heavy atom. The Kier molecular flexibility index (Phi) is 3.45. The second-order valence-corrected chi connectivity index (χ2v) is 6.27. The van der Waals surface area contributed by atoms with E-state index >= 15 is 0 Å². The number of aromatic nitrogens is 2. The zero-order chi connectivity index (χ0) is 16.7. The zero-order valence-corrected chi connectivity index (χ0v) is 13.7. The molecule has 1 aliphatic rings. The maximum Gasteiger partial charge on any atom is 0.171 e. The van der Waals surface area contributed by atoms with Crippen molar-refractivity contribution < 1.29 is 9.21 Å². The molecule has 120 valence electrons. The van der Waals surface area contributed by atoms with Gasteiger partial charge in [-0.15, -0.1) is 0 Å². The van der Waals surface area contributed by atoms with Gasteiger partial charge in [-0.1, -0.05) is 17.7 Å². The lowest BCUT2D eigenvalue weighted by Gasteiger charge is -2.19. The molecule has 0 aliphatic heterocycles. The Morgan fingerprint density at radius 2 is 2.17 bits per heavy atom. The quantitative estimate of drug-likeness (QED) is 0.738. The Labute approximate surface area is 140 Å². The normalized spacial score (nSPS) is 13.8. The molecule has 1 aliphatic carbocycles. The van der Waals surface area contributed by atoms with Crippen molar-refractivity contribution >= 4 is 17.4 Å². The summed E-state index contributed by atoms with van der Waals surface area (Å²) < 4.78 is 7.37. The molecule has 0 amide bonds. The van der Waals surface area contributed by atoms with Crippen molar-refractivity contribution in [2.45, 2.75) is 26.8 Å². The van der Waals surface area contributed by atoms with Crippen LogP contribution in [-0.4, -0.2) is 15.3 Å². The number of allylic oxidation sites excluding steroid dienone is 1. The highest BCUT2D eigenvalue weighted by molar-refractivity contribution is 6.26. The van der Waals surface area contributed by atoms with Gasteiger partial charge in [-0.05, 0) is 48.7 Å². The highest BCUT2D eigenvalue weighted by Crippen LogP contribution is 2.30. The topological polar surface area (TPSA) is 48.0 Å². The monoisotopic (exact) mass is 318 g/mol. The molecular formula is C20H18N2O2. The van der Waals surface area contributed by atoms with Crippen molar-refractivity contribution in [1.82, 2.24) is 9.55 Å². The maximum atomic E-state index is 12.7. The number of ketones is 1. The molecule has 0 spiro atoms. The molecule has 0 bridgehead atoms. The van der Waals surface area contributed by atoms with Crippen LogP contribution in [-0.2, 0) is 17.8 Å². The van der Waals surface area contributed by atoms with Crippen molar-refractivity contribution in [3.05, 3.63) is 76.8 Å². The number of hydrogen-bond donors (Lipinski definition) is 0. The molecule has 0 saturated carbocycles. The van der Waals surface area contributed by atoms with Crippen molar-refractivity contribution in [2.75, 3.05) is 0 Å². The van der Waals surface area contributed by atoms with E-state index in [-0.39, 0.29) is 5.78 Å². The predicted molar refractivity (Wildman–Crippen MR) is 92.5 cm³/mol. The molecule has 3 aromatic rings. The highest BCUT2D eigenvalue weighted by atomic mass is 16.3. The summed E-state index contributed by atoms with van der Waals surface area (Å²) in [4.78, 5) is 17.1. The summed E-state index contributed by atoms with van der Waals surface area (Å²) in [5, 5.41) is 0. The first-order chi connectivity index (χ1) is 11.6. The zero-order valence-electron chi connectivity index (χ0n) is 13.7. The molecule has 2 heterocycles. The number of carbonyl (C=O) groups excluding carboxylic acids is 1. The van der Waals surface area contributed by atoms with Crippen LogP contribution in [0.1, 0.15) is 33.8 Å². The number of carbonyl (C=O) groups is 1. The Bertz CT molecular complexity index is 946. The smallest absolute Gasteiger partial charge is 0.171 e. The molecule has 0 saturated heterocycles. The van der Waals surface area contributed by atoms with Gasteiger partial charge in [-0.25, -0.2) is 4.98 Å². The van der Waals surface area contributed by atoms with E-state index in [1.807, 2.05) is 29.0 Å². The number of Topliss-reactive ketones (excluding diaryl/α,β-unsaturated/α-hetero) is 1. The number of fused-ring (bicyclic) bond motifs is 1. The molecule has 0 fully saturated rings. The molecule has 0 radical (unpaired) electrons. The van der Waals surface area contributed by atoms with Crippen LogP contribution < -0.4 is 0 Å². The lowest BCUT2D eigenvalue weighted by atomic mass is 9.87. The fourth-order valence-corrected chi connectivity index (χ4v) is 3.33. The summed E-state index contributed by atoms with van der Waals surface area (Å²) in [6.45, 7) is 4.71. The first kappa shape index (κ1) is 14.7. The summed E-state index contributed by atoms with van der Waals surface area (Å²) in [5.41, 5.74) is 5.29. The van der Waals surface area contributed by atoms with Crippen LogP contribution in [0.3, 0.4) is 0 Å². The van der Waals surface area contributed by atoms with E-state index in [4.69, 9.17) is 4.42 Å². The number of imidazole rings is 1. The number of hydrogen-bond acceptors (Lipinski definition) is 3. The average molecular weight is 318 g/mol. The van der Waals surface area contributed by atoms with E-state index in [0.717, 1.165) is 16.9 Å². The lowest BCUT2D eigenvalue weighted by Crippen LogP contribution is -2.16. The van der Waals surface area contributed by atoms with Gasteiger partial charge in [0.2, 0.25) is 0 Å². The van der Waals surface area contributed by atoms with Crippen molar-refractivity contribution in [3.63, 3.8) is 0 Å². The number of rotatable bonds is 3. The van der Waals surface area contributed by atoms with E-state index in [0.29, 0.717) is 24.4 Å². The largest absolute Gasteiger partial charge is 0.467 e. The minimum atomic E-state index is 0.112. The number of benzene rings is 1. The third-order valence-electron chi connectivity index (χ3n) is 4.45. The van der Waals surface area contributed by atoms with Gasteiger partial charge in [0.1, 0.15) is 11.6 Å². The van der Waals surface area contributed by atoms with E-state index < -0.39 is 0 Å². The van der Waals surface area contributed by atoms with Crippen molar-refractivity contribution in [3.8, 4) is 0 Å². The second-order valence-electron chi connectivity index (χ2n) is 6.27. The van der Waals surface area contributed by atoms with Gasteiger partial charge in [0.25, 0.3) is 0 Å². The molecule has 2 aromatic heterocycles. The molecule has 4 rings (SSSR count). The minimum Gasteiger partial charge on any atom is -0.467 e. The molecule has 24 heavy (non-hydrogen) atoms. The maximum absolute atomic E-state index is 12.7. The molecular weight excluding hydrogens is 300 g/mol. The summed E-state index contributed by atoms with van der Waals surface area (Å²) in [6, 6.07) is 8.04. The van der Waals surface area contributed by atoms with Crippen molar-refractivity contribution in [1.29, 1.82) is 0 Å².